The lowest BCUT2D eigenvalue weighted by Crippen LogP contribution is -2.37. The minimum Gasteiger partial charge on any atom is -0.387 e. The van der Waals surface area contributed by atoms with Gasteiger partial charge in [0.1, 0.15) is 5.17 Å². The molecule has 1 aliphatic heterocycles. The number of carbonyl (C=O) groups excluding carboxylic acids is 1. The van der Waals surface area contributed by atoms with Crippen molar-refractivity contribution in [2.45, 2.75) is 32.4 Å². The van der Waals surface area contributed by atoms with Gasteiger partial charge in [0.2, 0.25) is 5.91 Å². The van der Waals surface area contributed by atoms with Crippen molar-refractivity contribution < 1.29 is 4.79 Å². The van der Waals surface area contributed by atoms with Crippen molar-refractivity contribution in [3.8, 4) is 0 Å². The molecule has 1 N–H and O–H groups in total. The number of hydrogen-bond donors (Lipinski definition) is 1. The summed E-state index contributed by atoms with van der Waals surface area (Å²) in [5.41, 5.74) is 0.889. The molecule has 0 fully saturated rings. The molecule has 1 amide bonds. The second-order valence-electron chi connectivity index (χ2n) is 4.10. The fraction of sp³-hybridized carbons (Fsp3) is 0.500. The molecule has 1 aliphatic rings. The van der Waals surface area contributed by atoms with Crippen LogP contribution in [0.3, 0.4) is 0 Å². The van der Waals surface area contributed by atoms with Crippen LogP contribution in [0.1, 0.15) is 20.3 Å². The van der Waals surface area contributed by atoms with E-state index in [1.54, 1.807) is 24.2 Å². The third-order valence-corrected chi connectivity index (χ3v) is 3.06. The van der Waals surface area contributed by atoms with E-state index >= 15 is 0 Å². The summed E-state index contributed by atoms with van der Waals surface area (Å²) in [6.07, 6.45) is 4.06. The smallest absolute Gasteiger partial charge is 0.223 e. The Bertz CT molecular complexity index is 376. The zero-order valence-electron chi connectivity index (χ0n) is 10.4. The number of amides is 1. The number of dihydropyridines is 1. The monoisotopic (exact) mass is 255 g/mol. The van der Waals surface area contributed by atoms with Crippen molar-refractivity contribution in [3.63, 3.8) is 0 Å². The summed E-state index contributed by atoms with van der Waals surface area (Å²) in [7, 11) is 1.74. The summed E-state index contributed by atoms with van der Waals surface area (Å²) >= 11 is 5.98. The second-order valence-corrected chi connectivity index (χ2v) is 4.48. The highest BCUT2D eigenvalue weighted by atomic mass is 35.5. The SMILES string of the molecule is C=CN[C@@H](C)C1CC(N(C)C(C)=O)=CC(Cl)=N1. The predicted molar refractivity (Wildman–Crippen MR) is 71.0 cm³/mol. The quantitative estimate of drug-likeness (QED) is 0.834. The minimum atomic E-state index is -0.00861. The Hall–Kier alpha value is -1.29. The molecule has 0 aromatic heterocycles. The van der Waals surface area contributed by atoms with Crippen molar-refractivity contribution in [2.75, 3.05) is 7.05 Å². The van der Waals surface area contributed by atoms with Gasteiger partial charge in [-0.3, -0.25) is 9.79 Å². The maximum absolute atomic E-state index is 11.3. The van der Waals surface area contributed by atoms with E-state index in [1.165, 1.54) is 6.92 Å². The summed E-state index contributed by atoms with van der Waals surface area (Å²) < 4.78 is 0. The molecule has 4 nitrogen and oxygen atoms in total. The number of nitrogens with zero attached hydrogens (tertiary/aromatic N) is 2. The summed E-state index contributed by atoms with van der Waals surface area (Å²) in [6.45, 7) is 7.16. The molecule has 0 radical (unpaired) electrons. The maximum Gasteiger partial charge on any atom is 0.223 e. The van der Waals surface area contributed by atoms with Gasteiger partial charge in [0.15, 0.2) is 0 Å². The lowest BCUT2D eigenvalue weighted by molar-refractivity contribution is -0.126. The van der Waals surface area contributed by atoms with Crippen molar-refractivity contribution in [3.05, 3.63) is 24.6 Å². The first-order valence-electron chi connectivity index (χ1n) is 5.50. The van der Waals surface area contributed by atoms with Crippen LogP contribution >= 0.6 is 11.6 Å². The third-order valence-electron chi connectivity index (χ3n) is 2.85. The molecule has 0 spiro atoms. The van der Waals surface area contributed by atoms with Crippen LogP contribution in [0.25, 0.3) is 0 Å². The molecule has 94 valence electrons. The zero-order chi connectivity index (χ0) is 13.0. The first-order valence-corrected chi connectivity index (χ1v) is 5.88. The number of carbonyl (C=O) groups is 1. The predicted octanol–water partition coefficient (Wildman–Crippen LogP) is 1.88. The number of rotatable bonds is 4. The molecule has 17 heavy (non-hydrogen) atoms. The molecule has 0 bridgehead atoms. The first kappa shape index (κ1) is 13.8. The summed E-state index contributed by atoms with van der Waals surface area (Å²) in [6, 6.07) is 0.146. The Balaban J connectivity index is 2.82. The lowest BCUT2D eigenvalue weighted by atomic mass is 10.0. The Labute approximate surface area is 107 Å². The van der Waals surface area contributed by atoms with Gasteiger partial charge in [-0.05, 0) is 19.2 Å². The number of hydrogen-bond acceptors (Lipinski definition) is 3. The number of halogens is 1. The van der Waals surface area contributed by atoms with Gasteiger partial charge in [0.05, 0.1) is 6.04 Å². The Kier molecular flexibility index (Phi) is 4.75. The van der Waals surface area contributed by atoms with Crippen LogP contribution in [0.5, 0.6) is 0 Å². The van der Waals surface area contributed by atoms with Crippen molar-refractivity contribution in [2.24, 2.45) is 4.99 Å². The largest absolute Gasteiger partial charge is 0.387 e. The highest BCUT2D eigenvalue weighted by Crippen LogP contribution is 2.21. The molecule has 1 heterocycles. The fourth-order valence-electron chi connectivity index (χ4n) is 1.67. The molecule has 0 aromatic carbocycles. The van der Waals surface area contributed by atoms with Gasteiger partial charge in [-0.15, -0.1) is 0 Å². The van der Waals surface area contributed by atoms with Gasteiger partial charge >= 0.3 is 0 Å². The van der Waals surface area contributed by atoms with Gasteiger partial charge < -0.3 is 10.2 Å². The topological polar surface area (TPSA) is 44.7 Å². The minimum absolute atomic E-state index is 0.00861. The summed E-state index contributed by atoms with van der Waals surface area (Å²) in [4.78, 5) is 17.3. The lowest BCUT2D eigenvalue weighted by Gasteiger charge is -2.28. The van der Waals surface area contributed by atoms with E-state index in [9.17, 15) is 4.79 Å². The van der Waals surface area contributed by atoms with Crippen LogP contribution < -0.4 is 5.32 Å². The first-order chi connectivity index (χ1) is 7.95. The fourth-order valence-corrected chi connectivity index (χ4v) is 1.92. The van der Waals surface area contributed by atoms with Crippen LogP contribution in [-0.4, -0.2) is 35.1 Å². The van der Waals surface area contributed by atoms with Crippen LogP contribution in [0, 0.1) is 0 Å². The molecule has 0 saturated heterocycles. The molecule has 5 heteroatoms. The average Bonchev–Trinajstić information content (AvgIpc) is 2.27. The van der Waals surface area contributed by atoms with Crippen molar-refractivity contribution in [1.82, 2.24) is 10.2 Å². The van der Waals surface area contributed by atoms with Gasteiger partial charge in [0, 0.05) is 32.1 Å². The molecule has 0 saturated carbocycles. The van der Waals surface area contributed by atoms with E-state index in [0.29, 0.717) is 11.6 Å². The van der Waals surface area contributed by atoms with Gasteiger partial charge in [-0.25, -0.2) is 0 Å². The third kappa shape index (κ3) is 3.60. The average molecular weight is 256 g/mol. The van der Waals surface area contributed by atoms with E-state index in [0.717, 1.165) is 5.70 Å². The Morgan fingerprint density at radius 1 is 1.82 bits per heavy atom. The van der Waals surface area contributed by atoms with Crippen LogP contribution in [0.4, 0.5) is 0 Å². The summed E-state index contributed by atoms with van der Waals surface area (Å²) in [5.74, 6) is -0.00861. The van der Waals surface area contributed by atoms with Crippen LogP contribution in [0.2, 0.25) is 0 Å². The highest BCUT2D eigenvalue weighted by molar-refractivity contribution is 6.68. The van der Waals surface area contributed by atoms with E-state index in [4.69, 9.17) is 11.6 Å². The maximum atomic E-state index is 11.3. The molecule has 1 rings (SSSR count). The molecule has 0 aromatic rings. The Morgan fingerprint density at radius 3 is 3.00 bits per heavy atom. The highest BCUT2D eigenvalue weighted by Gasteiger charge is 2.23. The van der Waals surface area contributed by atoms with Gasteiger partial charge in [0.25, 0.3) is 0 Å². The van der Waals surface area contributed by atoms with E-state index in [-0.39, 0.29) is 18.0 Å². The standard InChI is InChI=1S/C12H18ClN3O/c1-5-14-8(2)11-6-10(7-12(13)15-11)16(4)9(3)17/h5,7-8,11,14H,1,6H2,2-4H3/t8-,11?/m0/s1. The molecular weight excluding hydrogens is 238 g/mol. The van der Waals surface area contributed by atoms with Gasteiger partial charge in [-0.2, -0.15) is 0 Å². The van der Waals surface area contributed by atoms with E-state index < -0.39 is 0 Å². The van der Waals surface area contributed by atoms with Crippen LogP contribution in [0.15, 0.2) is 29.5 Å². The van der Waals surface area contributed by atoms with Crippen molar-refractivity contribution in [1.29, 1.82) is 0 Å². The van der Waals surface area contributed by atoms with Crippen LogP contribution in [-0.2, 0) is 4.79 Å². The summed E-state index contributed by atoms with van der Waals surface area (Å²) in [5, 5.41) is 3.52. The molecular formula is C12H18ClN3O. The molecule has 0 aliphatic carbocycles. The number of aliphatic imine (C=N–C) groups is 1. The van der Waals surface area contributed by atoms with E-state index in [1.807, 2.05) is 6.92 Å². The molecule has 2 atom stereocenters. The van der Waals surface area contributed by atoms with Crippen molar-refractivity contribution >= 4 is 22.7 Å². The zero-order valence-corrected chi connectivity index (χ0v) is 11.2. The normalized spacial score (nSPS) is 21.1. The van der Waals surface area contributed by atoms with E-state index in [2.05, 4.69) is 16.9 Å². The Morgan fingerprint density at radius 2 is 2.47 bits per heavy atom. The van der Waals surface area contributed by atoms with Gasteiger partial charge in [-0.1, -0.05) is 18.2 Å². The molecule has 1 unspecified atom stereocenters. The second kappa shape index (κ2) is 5.87. The number of nitrogens with one attached hydrogen (secondary N) is 1. The number of allylic oxidation sites excluding steroid dienone is 1.